The van der Waals surface area contributed by atoms with Gasteiger partial charge in [-0.05, 0) is 68.1 Å². The molecule has 118 valence electrons. The Balaban J connectivity index is 1.44. The first-order valence-electron chi connectivity index (χ1n) is 8.40. The Morgan fingerprint density at radius 3 is 2.35 bits per heavy atom. The molecule has 0 aromatic heterocycles. The number of anilines is 1. The minimum absolute atomic E-state index is 0.788. The largest absolute Gasteiger partial charge is 0.399 e. The van der Waals surface area contributed by atoms with Crippen LogP contribution in [-0.2, 0) is 6.42 Å². The van der Waals surface area contributed by atoms with E-state index in [-0.39, 0.29) is 0 Å². The van der Waals surface area contributed by atoms with Crippen LogP contribution in [0.2, 0.25) is 0 Å². The van der Waals surface area contributed by atoms with Crippen molar-refractivity contribution in [2.45, 2.75) is 19.3 Å². The Hall–Kier alpha value is -2.24. The van der Waals surface area contributed by atoms with Crippen LogP contribution in [0.3, 0.4) is 0 Å². The number of nitrogens with zero attached hydrogens (tertiary/aromatic N) is 1. The van der Waals surface area contributed by atoms with Crippen LogP contribution < -0.4 is 5.73 Å². The van der Waals surface area contributed by atoms with E-state index in [9.17, 15) is 0 Å². The fourth-order valence-electron chi connectivity index (χ4n) is 3.12. The summed E-state index contributed by atoms with van der Waals surface area (Å²) >= 11 is 0. The first-order chi connectivity index (χ1) is 11.3. The molecule has 2 aromatic carbocycles. The third-order valence-electron chi connectivity index (χ3n) is 4.52. The fraction of sp³-hybridized carbons (Fsp3) is 0.333. The number of piperidine rings is 1. The standard InChI is InChI=1S/C21H24N2/c22-21-10-8-18(9-11-21)7-4-14-23-15-12-20(13-16-23)17-19-5-2-1-3-6-19/h1-3,5-6,8-11,20H,12-17,22H2. The highest BCUT2D eigenvalue weighted by molar-refractivity contribution is 5.44. The van der Waals surface area contributed by atoms with E-state index in [2.05, 4.69) is 47.1 Å². The maximum Gasteiger partial charge on any atom is 0.0605 e. The molecule has 3 rings (SSSR count). The van der Waals surface area contributed by atoms with Crippen LogP contribution in [-0.4, -0.2) is 24.5 Å². The Bertz CT molecular complexity index is 656. The van der Waals surface area contributed by atoms with E-state index >= 15 is 0 Å². The Morgan fingerprint density at radius 1 is 0.957 bits per heavy atom. The van der Waals surface area contributed by atoms with Crippen LogP contribution in [0.15, 0.2) is 54.6 Å². The van der Waals surface area contributed by atoms with Gasteiger partial charge in [-0.25, -0.2) is 0 Å². The molecule has 0 atom stereocenters. The van der Waals surface area contributed by atoms with Crippen molar-refractivity contribution in [2.24, 2.45) is 5.92 Å². The second kappa shape index (κ2) is 7.85. The molecule has 1 heterocycles. The van der Waals surface area contributed by atoms with Gasteiger partial charge < -0.3 is 5.73 Å². The van der Waals surface area contributed by atoms with Crippen molar-refractivity contribution >= 4 is 5.69 Å². The summed E-state index contributed by atoms with van der Waals surface area (Å²) in [5.41, 5.74) is 8.98. The monoisotopic (exact) mass is 304 g/mol. The van der Waals surface area contributed by atoms with E-state index in [4.69, 9.17) is 5.73 Å². The number of nitrogens with two attached hydrogens (primary N) is 1. The van der Waals surface area contributed by atoms with Gasteiger partial charge in [0.2, 0.25) is 0 Å². The molecule has 0 aliphatic carbocycles. The van der Waals surface area contributed by atoms with Crippen molar-refractivity contribution in [2.75, 3.05) is 25.4 Å². The molecule has 2 heteroatoms. The van der Waals surface area contributed by atoms with E-state index in [1.54, 1.807) is 0 Å². The lowest BCUT2D eigenvalue weighted by atomic mass is 9.90. The van der Waals surface area contributed by atoms with E-state index in [0.717, 1.165) is 36.8 Å². The van der Waals surface area contributed by atoms with Crippen LogP contribution >= 0.6 is 0 Å². The second-order valence-corrected chi connectivity index (χ2v) is 6.33. The highest BCUT2D eigenvalue weighted by Gasteiger charge is 2.18. The first kappa shape index (κ1) is 15.6. The molecular formula is C21H24N2. The van der Waals surface area contributed by atoms with Gasteiger partial charge in [0.1, 0.15) is 0 Å². The summed E-state index contributed by atoms with van der Waals surface area (Å²) in [7, 11) is 0. The zero-order valence-electron chi connectivity index (χ0n) is 13.5. The highest BCUT2D eigenvalue weighted by Crippen LogP contribution is 2.21. The lowest BCUT2D eigenvalue weighted by molar-refractivity contribution is 0.203. The van der Waals surface area contributed by atoms with Crippen molar-refractivity contribution in [1.82, 2.24) is 4.90 Å². The molecule has 2 N–H and O–H groups in total. The molecule has 0 radical (unpaired) electrons. The SMILES string of the molecule is Nc1ccc(C#CCN2CCC(Cc3ccccc3)CC2)cc1. The maximum absolute atomic E-state index is 5.68. The smallest absolute Gasteiger partial charge is 0.0605 e. The molecule has 1 fully saturated rings. The molecule has 1 saturated heterocycles. The van der Waals surface area contributed by atoms with Crippen LogP contribution in [0.5, 0.6) is 0 Å². The molecule has 0 saturated carbocycles. The Labute approximate surface area is 139 Å². The molecule has 0 unspecified atom stereocenters. The predicted molar refractivity (Wildman–Crippen MR) is 97.0 cm³/mol. The maximum atomic E-state index is 5.68. The summed E-state index contributed by atoms with van der Waals surface area (Å²) in [6.07, 6.45) is 3.77. The van der Waals surface area contributed by atoms with Gasteiger partial charge in [0, 0.05) is 11.3 Å². The van der Waals surface area contributed by atoms with Crippen molar-refractivity contribution in [3.8, 4) is 11.8 Å². The number of likely N-dealkylation sites (tertiary alicyclic amines) is 1. The lowest BCUT2D eigenvalue weighted by Crippen LogP contribution is -2.34. The van der Waals surface area contributed by atoms with Gasteiger partial charge in [0.15, 0.2) is 0 Å². The van der Waals surface area contributed by atoms with Crippen LogP contribution in [0.4, 0.5) is 5.69 Å². The fourth-order valence-corrected chi connectivity index (χ4v) is 3.12. The lowest BCUT2D eigenvalue weighted by Gasteiger charge is -2.30. The van der Waals surface area contributed by atoms with E-state index in [1.807, 2.05) is 24.3 Å². The summed E-state index contributed by atoms with van der Waals surface area (Å²) in [5.74, 6) is 7.33. The quantitative estimate of drug-likeness (QED) is 0.694. The van der Waals surface area contributed by atoms with E-state index in [1.165, 1.54) is 24.8 Å². The zero-order chi connectivity index (χ0) is 15.9. The number of benzene rings is 2. The van der Waals surface area contributed by atoms with Gasteiger partial charge in [-0.2, -0.15) is 0 Å². The second-order valence-electron chi connectivity index (χ2n) is 6.33. The van der Waals surface area contributed by atoms with Gasteiger partial charge in [0.05, 0.1) is 6.54 Å². The van der Waals surface area contributed by atoms with Gasteiger partial charge in [0.25, 0.3) is 0 Å². The van der Waals surface area contributed by atoms with E-state index < -0.39 is 0 Å². The van der Waals surface area contributed by atoms with Crippen LogP contribution in [0.25, 0.3) is 0 Å². The number of rotatable bonds is 3. The van der Waals surface area contributed by atoms with E-state index in [0.29, 0.717) is 0 Å². The molecule has 1 aliphatic heterocycles. The third-order valence-corrected chi connectivity index (χ3v) is 4.52. The van der Waals surface area contributed by atoms with Gasteiger partial charge in [-0.15, -0.1) is 0 Å². The van der Waals surface area contributed by atoms with Crippen LogP contribution in [0, 0.1) is 17.8 Å². The Morgan fingerprint density at radius 2 is 1.65 bits per heavy atom. The molecule has 23 heavy (non-hydrogen) atoms. The number of nitrogen functional groups attached to an aromatic ring is 1. The zero-order valence-corrected chi connectivity index (χ0v) is 13.5. The van der Waals surface area contributed by atoms with Gasteiger partial charge >= 0.3 is 0 Å². The summed E-state index contributed by atoms with van der Waals surface area (Å²) in [6.45, 7) is 3.18. The van der Waals surface area contributed by atoms with Crippen LogP contribution in [0.1, 0.15) is 24.0 Å². The summed E-state index contributed by atoms with van der Waals surface area (Å²) in [5, 5.41) is 0. The average molecular weight is 304 g/mol. The third kappa shape index (κ3) is 4.87. The first-order valence-corrected chi connectivity index (χ1v) is 8.40. The molecule has 2 nitrogen and oxygen atoms in total. The molecule has 1 aliphatic rings. The summed E-state index contributed by atoms with van der Waals surface area (Å²) in [6, 6.07) is 18.6. The normalized spacial score (nSPS) is 15.8. The topological polar surface area (TPSA) is 29.3 Å². The Kier molecular flexibility index (Phi) is 5.34. The predicted octanol–water partition coefficient (Wildman–Crippen LogP) is 3.58. The highest BCUT2D eigenvalue weighted by atomic mass is 15.1. The van der Waals surface area contributed by atoms with Gasteiger partial charge in [-0.3, -0.25) is 4.90 Å². The summed E-state index contributed by atoms with van der Waals surface area (Å²) in [4.78, 5) is 2.46. The number of hydrogen-bond donors (Lipinski definition) is 1. The molecule has 0 bridgehead atoms. The molecule has 2 aromatic rings. The number of hydrogen-bond acceptors (Lipinski definition) is 2. The van der Waals surface area contributed by atoms with Crippen molar-refractivity contribution in [3.05, 3.63) is 65.7 Å². The molecule has 0 spiro atoms. The summed E-state index contributed by atoms with van der Waals surface area (Å²) < 4.78 is 0. The van der Waals surface area contributed by atoms with Crippen molar-refractivity contribution in [1.29, 1.82) is 0 Å². The molecular weight excluding hydrogens is 280 g/mol. The minimum atomic E-state index is 0.788. The van der Waals surface area contributed by atoms with Crippen molar-refractivity contribution < 1.29 is 0 Å². The molecule has 0 amide bonds. The van der Waals surface area contributed by atoms with Gasteiger partial charge in [-0.1, -0.05) is 42.2 Å². The van der Waals surface area contributed by atoms with Crippen molar-refractivity contribution in [3.63, 3.8) is 0 Å². The minimum Gasteiger partial charge on any atom is -0.399 e. The average Bonchev–Trinajstić information content (AvgIpc) is 2.59.